The summed E-state index contributed by atoms with van der Waals surface area (Å²) in [5.74, 6) is -0.907. The molecule has 16 heavy (non-hydrogen) atoms. The lowest BCUT2D eigenvalue weighted by Gasteiger charge is -2.25. The topological polar surface area (TPSA) is 40.5 Å². The van der Waals surface area contributed by atoms with Crippen molar-refractivity contribution in [1.82, 2.24) is 4.90 Å². The summed E-state index contributed by atoms with van der Waals surface area (Å²) >= 11 is 0. The molecule has 0 radical (unpaired) electrons. The van der Waals surface area contributed by atoms with Crippen molar-refractivity contribution in [2.24, 2.45) is 0 Å². The molecule has 0 heterocycles. The van der Waals surface area contributed by atoms with Gasteiger partial charge in [0.1, 0.15) is 0 Å². The standard InChI is InChI=1S/C13H19NO2/c1-5-8-12(11(4)13(15)16)14(9-6-2)10-7-3/h5-7H,1-3,8-10H2,4H3,(H,15,16)/b12-11+. The Labute approximate surface area is 97.1 Å². The molecule has 0 aromatic rings. The smallest absolute Gasteiger partial charge is 0.333 e. The molecule has 0 aliphatic heterocycles. The number of allylic oxidation sites excluding steroid dienone is 1. The first-order chi connectivity index (χ1) is 7.58. The molecular formula is C13H19NO2. The van der Waals surface area contributed by atoms with Gasteiger partial charge in [0.2, 0.25) is 0 Å². The van der Waals surface area contributed by atoms with Gasteiger partial charge in [0, 0.05) is 25.2 Å². The third-order valence-electron chi connectivity index (χ3n) is 2.17. The molecule has 0 saturated carbocycles. The van der Waals surface area contributed by atoms with E-state index in [2.05, 4.69) is 19.7 Å². The van der Waals surface area contributed by atoms with E-state index in [0.29, 0.717) is 25.1 Å². The summed E-state index contributed by atoms with van der Waals surface area (Å²) in [5.41, 5.74) is 1.09. The van der Waals surface area contributed by atoms with Crippen LogP contribution >= 0.6 is 0 Å². The second-order valence-electron chi connectivity index (χ2n) is 3.35. The molecule has 0 bridgehead atoms. The molecule has 88 valence electrons. The summed E-state index contributed by atoms with van der Waals surface area (Å²) in [6.07, 6.45) is 5.70. The normalized spacial score (nSPS) is 11.3. The maximum Gasteiger partial charge on any atom is 0.333 e. The molecule has 3 heteroatoms. The van der Waals surface area contributed by atoms with Gasteiger partial charge in [-0.15, -0.1) is 19.7 Å². The van der Waals surface area contributed by atoms with E-state index < -0.39 is 5.97 Å². The van der Waals surface area contributed by atoms with Crippen LogP contribution < -0.4 is 0 Å². The summed E-state index contributed by atoms with van der Waals surface area (Å²) < 4.78 is 0. The number of rotatable bonds is 8. The zero-order chi connectivity index (χ0) is 12.6. The highest BCUT2D eigenvalue weighted by atomic mass is 16.4. The number of carboxylic acids is 1. The SMILES string of the molecule is C=CC/C(=C(/C)C(=O)O)N(CC=C)CC=C. The summed E-state index contributed by atoms with van der Waals surface area (Å²) in [5, 5.41) is 8.99. The molecular weight excluding hydrogens is 202 g/mol. The first-order valence-corrected chi connectivity index (χ1v) is 5.09. The molecule has 0 amide bonds. The van der Waals surface area contributed by atoms with Crippen LogP contribution in [0.2, 0.25) is 0 Å². The minimum Gasteiger partial charge on any atom is -0.478 e. The van der Waals surface area contributed by atoms with E-state index in [0.717, 1.165) is 5.70 Å². The van der Waals surface area contributed by atoms with Gasteiger partial charge in [-0.2, -0.15) is 0 Å². The van der Waals surface area contributed by atoms with Crippen LogP contribution in [0.3, 0.4) is 0 Å². The van der Waals surface area contributed by atoms with Gasteiger partial charge in [0.05, 0.1) is 5.57 Å². The molecule has 0 spiro atoms. The van der Waals surface area contributed by atoms with Crippen LogP contribution in [0, 0.1) is 0 Å². The van der Waals surface area contributed by atoms with E-state index in [-0.39, 0.29) is 0 Å². The minimum absolute atomic E-state index is 0.337. The summed E-state index contributed by atoms with van der Waals surface area (Å²) in [7, 11) is 0. The van der Waals surface area contributed by atoms with Gasteiger partial charge < -0.3 is 10.0 Å². The Hall–Kier alpha value is -1.77. The van der Waals surface area contributed by atoms with Gasteiger partial charge in [-0.25, -0.2) is 4.79 Å². The van der Waals surface area contributed by atoms with Crippen molar-refractivity contribution in [2.75, 3.05) is 13.1 Å². The second kappa shape index (κ2) is 7.51. The molecule has 0 rings (SSSR count). The van der Waals surface area contributed by atoms with E-state index in [1.54, 1.807) is 25.2 Å². The fourth-order valence-electron chi connectivity index (χ4n) is 1.39. The van der Waals surface area contributed by atoms with E-state index in [1.165, 1.54) is 0 Å². The quantitative estimate of drug-likeness (QED) is 0.506. The van der Waals surface area contributed by atoms with E-state index in [4.69, 9.17) is 5.11 Å². The lowest BCUT2D eigenvalue weighted by molar-refractivity contribution is -0.132. The summed E-state index contributed by atoms with van der Waals surface area (Å²) in [4.78, 5) is 12.9. The van der Waals surface area contributed by atoms with Crippen molar-refractivity contribution in [3.63, 3.8) is 0 Å². The minimum atomic E-state index is -0.907. The molecule has 0 aromatic heterocycles. The molecule has 0 saturated heterocycles. The fourth-order valence-corrected chi connectivity index (χ4v) is 1.39. The zero-order valence-electron chi connectivity index (χ0n) is 9.78. The van der Waals surface area contributed by atoms with Crippen LogP contribution in [0.15, 0.2) is 49.2 Å². The predicted molar refractivity (Wildman–Crippen MR) is 67.1 cm³/mol. The van der Waals surface area contributed by atoms with Crippen molar-refractivity contribution >= 4 is 5.97 Å². The molecule has 1 N–H and O–H groups in total. The highest BCUT2D eigenvalue weighted by Crippen LogP contribution is 2.15. The van der Waals surface area contributed by atoms with Crippen molar-refractivity contribution in [1.29, 1.82) is 0 Å². The van der Waals surface area contributed by atoms with Crippen LogP contribution in [0.25, 0.3) is 0 Å². The Morgan fingerprint density at radius 2 is 1.69 bits per heavy atom. The van der Waals surface area contributed by atoms with Crippen molar-refractivity contribution in [2.45, 2.75) is 13.3 Å². The molecule has 0 fully saturated rings. The fraction of sp³-hybridized carbons (Fsp3) is 0.308. The number of hydrogen-bond acceptors (Lipinski definition) is 2. The molecule has 3 nitrogen and oxygen atoms in total. The Morgan fingerprint density at radius 1 is 1.19 bits per heavy atom. The molecule has 0 atom stereocenters. The second-order valence-corrected chi connectivity index (χ2v) is 3.35. The van der Waals surface area contributed by atoms with E-state index in [9.17, 15) is 4.79 Å². The first-order valence-electron chi connectivity index (χ1n) is 5.09. The molecule has 0 aromatic carbocycles. The van der Waals surface area contributed by atoms with E-state index in [1.807, 2.05) is 4.90 Å². The van der Waals surface area contributed by atoms with Crippen LogP contribution in [0.4, 0.5) is 0 Å². The largest absolute Gasteiger partial charge is 0.478 e. The molecule has 0 aliphatic rings. The number of aliphatic carboxylic acids is 1. The number of carbonyl (C=O) groups is 1. The maximum absolute atomic E-state index is 11.0. The zero-order valence-corrected chi connectivity index (χ0v) is 9.78. The first kappa shape index (κ1) is 14.2. The highest BCUT2D eigenvalue weighted by molar-refractivity contribution is 5.86. The Bertz CT molecular complexity index is 306. The summed E-state index contributed by atoms with van der Waals surface area (Å²) in [6.45, 7) is 13.7. The number of carboxylic acid groups (broad SMARTS) is 1. The van der Waals surface area contributed by atoms with Crippen LogP contribution in [-0.4, -0.2) is 29.1 Å². The molecule has 0 aliphatic carbocycles. The highest BCUT2D eigenvalue weighted by Gasteiger charge is 2.13. The van der Waals surface area contributed by atoms with Gasteiger partial charge >= 0.3 is 5.97 Å². The Balaban J connectivity index is 5.18. The average Bonchev–Trinajstić information content (AvgIpc) is 2.24. The lowest BCUT2D eigenvalue weighted by atomic mass is 10.1. The van der Waals surface area contributed by atoms with E-state index >= 15 is 0 Å². The third kappa shape index (κ3) is 4.17. The number of nitrogens with zero attached hydrogens (tertiary/aromatic N) is 1. The van der Waals surface area contributed by atoms with Crippen molar-refractivity contribution in [3.8, 4) is 0 Å². The predicted octanol–water partition coefficient (Wildman–Crippen LogP) is 2.60. The van der Waals surface area contributed by atoms with Gasteiger partial charge in [-0.1, -0.05) is 18.2 Å². The average molecular weight is 221 g/mol. The van der Waals surface area contributed by atoms with Gasteiger partial charge in [0.25, 0.3) is 0 Å². The van der Waals surface area contributed by atoms with Gasteiger partial charge in [-0.05, 0) is 6.92 Å². The van der Waals surface area contributed by atoms with Crippen LogP contribution in [0.1, 0.15) is 13.3 Å². The van der Waals surface area contributed by atoms with Crippen LogP contribution in [-0.2, 0) is 4.79 Å². The third-order valence-corrected chi connectivity index (χ3v) is 2.17. The van der Waals surface area contributed by atoms with Crippen molar-refractivity contribution < 1.29 is 9.90 Å². The Morgan fingerprint density at radius 3 is 2.00 bits per heavy atom. The Kier molecular flexibility index (Phi) is 6.68. The van der Waals surface area contributed by atoms with Crippen molar-refractivity contribution in [3.05, 3.63) is 49.2 Å². The van der Waals surface area contributed by atoms with Crippen LogP contribution in [0.5, 0.6) is 0 Å². The van der Waals surface area contributed by atoms with Gasteiger partial charge in [0.15, 0.2) is 0 Å². The number of hydrogen-bond donors (Lipinski definition) is 1. The lowest BCUT2D eigenvalue weighted by Crippen LogP contribution is -2.25. The summed E-state index contributed by atoms with van der Waals surface area (Å²) in [6, 6.07) is 0. The maximum atomic E-state index is 11.0. The monoisotopic (exact) mass is 221 g/mol. The molecule has 0 unspecified atom stereocenters. The van der Waals surface area contributed by atoms with Gasteiger partial charge in [-0.3, -0.25) is 0 Å².